The summed E-state index contributed by atoms with van der Waals surface area (Å²) in [6.07, 6.45) is 0.651. The number of hydrogen-bond donors (Lipinski definition) is 1. The number of rotatable bonds is 3. The van der Waals surface area contributed by atoms with E-state index in [4.69, 9.17) is 4.74 Å². The molecule has 0 fully saturated rings. The van der Waals surface area contributed by atoms with Gasteiger partial charge in [0.2, 0.25) is 4.21 Å². The predicted molar refractivity (Wildman–Crippen MR) is 87.4 cm³/mol. The van der Waals surface area contributed by atoms with Gasteiger partial charge in [-0.05, 0) is 30.4 Å². The number of nitrogens with zero attached hydrogens (tertiary/aromatic N) is 1. The second-order valence-corrected chi connectivity index (χ2v) is 8.17. The molecule has 6 nitrogen and oxygen atoms in total. The molecule has 0 radical (unpaired) electrons. The van der Waals surface area contributed by atoms with Crippen molar-refractivity contribution in [2.24, 2.45) is 0 Å². The summed E-state index contributed by atoms with van der Waals surface area (Å²) in [5, 5.41) is 3.15. The summed E-state index contributed by atoms with van der Waals surface area (Å²) in [7, 11) is 0. The Labute approximate surface area is 140 Å². The number of amides is 1. The van der Waals surface area contributed by atoms with Crippen LogP contribution in [0.5, 0.6) is 5.75 Å². The molecule has 1 aromatic carbocycles. The largest absolute Gasteiger partial charge is 0.611 e. The van der Waals surface area contributed by atoms with Crippen LogP contribution >= 0.6 is 11.3 Å². The molecular formula is C15H14N2O4S2. The summed E-state index contributed by atoms with van der Waals surface area (Å²) in [4.78, 5) is 27.8. The number of aromatic nitrogens is 1. The van der Waals surface area contributed by atoms with Gasteiger partial charge in [0, 0.05) is 24.5 Å². The van der Waals surface area contributed by atoms with Crippen LogP contribution in [0.15, 0.2) is 28.5 Å². The summed E-state index contributed by atoms with van der Waals surface area (Å²) in [6.45, 7) is 3.19. The van der Waals surface area contributed by atoms with Gasteiger partial charge in [0.05, 0.1) is 5.56 Å². The molecule has 120 valence electrons. The molecule has 2 atom stereocenters. The molecule has 3 rings (SSSR count). The van der Waals surface area contributed by atoms with E-state index in [2.05, 4.69) is 10.3 Å². The van der Waals surface area contributed by atoms with E-state index in [9.17, 15) is 14.1 Å². The summed E-state index contributed by atoms with van der Waals surface area (Å²) in [6, 6.07) is 6.47. The topological polar surface area (TPSA) is 91.4 Å². The number of esters is 1. The van der Waals surface area contributed by atoms with Gasteiger partial charge in [-0.15, -0.1) is 0 Å². The van der Waals surface area contributed by atoms with Crippen LogP contribution < -0.4 is 10.1 Å². The quantitative estimate of drug-likeness (QED) is 0.521. The van der Waals surface area contributed by atoms with Gasteiger partial charge in [-0.25, -0.2) is 4.98 Å². The molecule has 0 spiro atoms. The highest BCUT2D eigenvalue weighted by atomic mass is 32.2. The fourth-order valence-corrected chi connectivity index (χ4v) is 5.09. The molecule has 0 bridgehead atoms. The number of fused-ring (bicyclic) bond motifs is 1. The maximum Gasteiger partial charge on any atom is 0.308 e. The maximum atomic E-state index is 12.4. The molecule has 0 aliphatic carbocycles. The third-order valence-corrected chi connectivity index (χ3v) is 6.35. The highest BCUT2D eigenvalue weighted by molar-refractivity contribution is 7.94. The first-order valence-corrected chi connectivity index (χ1v) is 8.97. The minimum atomic E-state index is -1.06. The molecule has 8 heteroatoms. The molecular weight excluding hydrogens is 336 g/mol. The summed E-state index contributed by atoms with van der Waals surface area (Å²) >= 11 is 0.168. The SMILES string of the molecule is CC(=O)Oc1ccccc1C(=O)Nc1nc2c(s1)[S+]([O-])C(C)C2. The van der Waals surface area contributed by atoms with Crippen LogP contribution in [0.3, 0.4) is 0 Å². The minimum Gasteiger partial charge on any atom is -0.611 e. The van der Waals surface area contributed by atoms with Crippen LogP contribution in [0.2, 0.25) is 0 Å². The average molecular weight is 350 g/mol. The fourth-order valence-electron chi connectivity index (χ4n) is 2.27. The van der Waals surface area contributed by atoms with E-state index >= 15 is 0 Å². The van der Waals surface area contributed by atoms with E-state index in [1.807, 2.05) is 6.92 Å². The Morgan fingerprint density at radius 2 is 2.17 bits per heavy atom. The number of carbonyl (C=O) groups is 2. The number of carbonyl (C=O) groups excluding carboxylic acids is 2. The maximum absolute atomic E-state index is 12.4. The van der Waals surface area contributed by atoms with Crippen LogP contribution in [0.25, 0.3) is 0 Å². The third-order valence-electron chi connectivity index (χ3n) is 3.30. The summed E-state index contributed by atoms with van der Waals surface area (Å²) in [5.74, 6) is -0.727. The molecule has 2 aromatic rings. The average Bonchev–Trinajstić information content (AvgIpc) is 2.98. The van der Waals surface area contributed by atoms with E-state index in [0.29, 0.717) is 11.6 Å². The van der Waals surface area contributed by atoms with Crippen molar-refractivity contribution in [1.29, 1.82) is 0 Å². The van der Waals surface area contributed by atoms with Crippen molar-refractivity contribution < 1.29 is 18.9 Å². The van der Waals surface area contributed by atoms with Crippen molar-refractivity contribution in [2.45, 2.75) is 29.7 Å². The zero-order valence-corrected chi connectivity index (χ0v) is 14.1. The van der Waals surface area contributed by atoms with Crippen LogP contribution in [0, 0.1) is 0 Å². The first-order valence-electron chi connectivity index (χ1n) is 6.94. The molecule has 1 amide bonds. The van der Waals surface area contributed by atoms with Crippen LogP contribution in [0.1, 0.15) is 29.9 Å². The zero-order valence-electron chi connectivity index (χ0n) is 12.5. The van der Waals surface area contributed by atoms with Crippen molar-refractivity contribution >= 4 is 39.5 Å². The highest BCUT2D eigenvalue weighted by Gasteiger charge is 2.36. The molecule has 1 aliphatic heterocycles. The van der Waals surface area contributed by atoms with Gasteiger partial charge in [0.15, 0.2) is 5.13 Å². The molecule has 1 aliphatic rings. The predicted octanol–water partition coefficient (Wildman–Crippen LogP) is 2.37. The van der Waals surface area contributed by atoms with Gasteiger partial charge in [-0.2, -0.15) is 0 Å². The van der Waals surface area contributed by atoms with Crippen molar-refractivity contribution in [2.75, 3.05) is 5.32 Å². The van der Waals surface area contributed by atoms with E-state index in [1.54, 1.807) is 24.3 Å². The Kier molecular flexibility index (Phi) is 4.38. The molecule has 0 saturated heterocycles. The van der Waals surface area contributed by atoms with Crippen LogP contribution in [-0.4, -0.2) is 26.7 Å². The van der Waals surface area contributed by atoms with Crippen molar-refractivity contribution in [3.63, 3.8) is 0 Å². The van der Waals surface area contributed by atoms with Crippen LogP contribution in [0.4, 0.5) is 5.13 Å². The van der Waals surface area contributed by atoms with E-state index in [-0.39, 0.29) is 16.6 Å². The number of anilines is 1. The van der Waals surface area contributed by atoms with Gasteiger partial charge in [-0.3, -0.25) is 14.9 Å². The number of thiazole rings is 1. The molecule has 0 saturated carbocycles. The monoisotopic (exact) mass is 350 g/mol. The lowest BCUT2D eigenvalue weighted by molar-refractivity contribution is -0.131. The van der Waals surface area contributed by atoms with Crippen molar-refractivity contribution in [3.8, 4) is 5.75 Å². The Morgan fingerprint density at radius 1 is 1.43 bits per heavy atom. The zero-order chi connectivity index (χ0) is 16.6. The number of hydrogen-bond acceptors (Lipinski definition) is 6. The second-order valence-electron chi connectivity index (χ2n) is 5.11. The van der Waals surface area contributed by atoms with Crippen molar-refractivity contribution in [3.05, 3.63) is 35.5 Å². The number of benzene rings is 1. The van der Waals surface area contributed by atoms with E-state index < -0.39 is 23.1 Å². The van der Waals surface area contributed by atoms with Gasteiger partial charge in [0.1, 0.15) is 16.7 Å². The lowest BCUT2D eigenvalue weighted by Crippen LogP contribution is -2.15. The van der Waals surface area contributed by atoms with Crippen LogP contribution in [-0.2, 0) is 22.4 Å². The summed E-state index contributed by atoms with van der Waals surface area (Å²) in [5.41, 5.74) is 1.02. The Hall–Kier alpha value is -1.90. The lowest BCUT2D eigenvalue weighted by atomic mass is 10.2. The minimum absolute atomic E-state index is 0.0678. The van der Waals surface area contributed by atoms with Gasteiger partial charge in [-0.1, -0.05) is 12.1 Å². The van der Waals surface area contributed by atoms with E-state index in [0.717, 1.165) is 9.90 Å². The van der Waals surface area contributed by atoms with Gasteiger partial charge >= 0.3 is 5.97 Å². The number of para-hydroxylation sites is 1. The Morgan fingerprint density at radius 3 is 2.87 bits per heavy atom. The molecule has 2 unspecified atom stereocenters. The molecule has 1 aromatic heterocycles. The lowest BCUT2D eigenvalue weighted by Gasteiger charge is -2.09. The Bertz CT molecular complexity index is 775. The highest BCUT2D eigenvalue weighted by Crippen LogP contribution is 2.37. The third kappa shape index (κ3) is 3.24. The second kappa shape index (κ2) is 6.31. The fraction of sp³-hybridized carbons (Fsp3) is 0.267. The summed E-state index contributed by atoms with van der Waals surface area (Å²) < 4.78 is 17.8. The molecule has 1 N–H and O–H groups in total. The van der Waals surface area contributed by atoms with E-state index in [1.165, 1.54) is 18.3 Å². The molecule has 2 heterocycles. The number of ether oxygens (including phenoxy) is 1. The molecule has 23 heavy (non-hydrogen) atoms. The first-order chi connectivity index (χ1) is 11.0. The first kappa shape index (κ1) is 16.0. The normalized spacial score (nSPS) is 19.3. The van der Waals surface area contributed by atoms with Gasteiger partial charge < -0.3 is 9.29 Å². The Balaban J connectivity index is 1.80. The number of nitrogens with one attached hydrogen (secondary N) is 1. The van der Waals surface area contributed by atoms with Crippen molar-refractivity contribution in [1.82, 2.24) is 4.98 Å². The van der Waals surface area contributed by atoms with Gasteiger partial charge in [0.25, 0.3) is 5.91 Å². The smallest absolute Gasteiger partial charge is 0.308 e. The standard InChI is InChI=1S/C15H14N2O4S2/c1-8-7-11-14(23(8)20)22-15(16-11)17-13(19)10-5-3-4-6-12(10)21-9(2)18/h3-6,8H,7H2,1-2H3,(H,16,17,19).